The van der Waals surface area contributed by atoms with Gasteiger partial charge in [0.15, 0.2) is 0 Å². The molecule has 6 heteroatoms. The summed E-state index contributed by atoms with van der Waals surface area (Å²) in [6.07, 6.45) is 5.71. The number of carbonyl (C=O) groups excluding carboxylic acids is 1. The Bertz CT molecular complexity index is 617. The highest BCUT2D eigenvalue weighted by atomic mass is 35.5. The van der Waals surface area contributed by atoms with Crippen molar-refractivity contribution in [1.29, 1.82) is 0 Å². The third-order valence-electron chi connectivity index (χ3n) is 3.65. The average molecular weight is 305 g/mol. The van der Waals surface area contributed by atoms with E-state index in [0.717, 1.165) is 25.9 Å². The maximum Gasteiger partial charge on any atom is 0.255 e. The van der Waals surface area contributed by atoms with E-state index in [4.69, 9.17) is 11.6 Å². The van der Waals surface area contributed by atoms with Crippen LogP contribution in [0.15, 0.2) is 36.7 Å². The first-order valence-corrected chi connectivity index (χ1v) is 7.42. The number of nitrogens with zero attached hydrogens (tertiary/aromatic N) is 2. The molecule has 0 aliphatic carbocycles. The molecule has 0 saturated carbocycles. The number of aromatic nitrogens is 2. The van der Waals surface area contributed by atoms with Crippen LogP contribution < -0.4 is 10.6 Å². The highest BCUT2D eigenvalue weighted by Crippen LogP contribution is 2.20. The largest absolute Gasteiger partial charge is 0.319 e. The van der Waals surface area contributed by atoms with Gasteiger partial charge in [0.25, 0.3) is 5.91 Å². The summed E-state index contributed by atoms with van der Waals surface area (Å²) in [5.41, 5.74) is 1.29. The van der Waals surface area contributed by atoms with Crippen LogP contribution in [0, 0.1) is 0 Å². The quantitative estimate of drug-likeness (QED) is 0.916. The van der Waals surface area contributed by atoms with Crippen molar-refractivity contribution >= 4 is 23.2 Å². The fourth-order valence-corrected chi connectivity index (χ4v) is 2.60. The van der Waals surface area contributed by atoms with Gasteiger partial charge in [-0.25, -0.2) is 0 Å². The van der Waals surface area contributed by atoms with E-state index in [-0.39, 0.29) is 5.91 Å². The number of hydrogen-bond acceptors (Lipinski definition) is 3. The van der Waals surface area contributed by atoms with Gasteiger partial charge >= 0.3 is 0 Å². The second-order valence-corrected chi connectivity index (χ2v) is 5.59. The van der Waals surface area contributed by atoms with Crippen molar-refractivity contribution in [1.82, 2.24) is 15.1 Å². The number of piperidine rings is 1. The predicted molar refractivity (Wildman–Crippen MR) is 82.8 cm³/mol. The molecule has 0 spiro atoms. The van der Waals surface area contributed by atoms with Gasteiger partial charge in [-0.3, -0.25) is 9.48 Å². The minimum Gasteiger partial charge on any atom is -0.319 e. The van der Waals surface area contributed by atoms with Crippen LogP contribution in [-0.2, 0) is 0 Å². The van der Waals surface area contributed by atoms with Gasteiger partial charge in [-0.15, -0.1) is 0 Å². The lowest BCUT2D eigenvalue weighted by atomic mass is 10.1. The second-order valence-electron chi connectivity index (χ2n) is 5.15. The molecule has 2 heterocycles. The van der Waals surface area contributed by atoms with Crippen LogP contribution in [0.4, 0.5) is 5.69 Å². The van der Waals surface area contributed by atoms with Crippen molar-refractivity contribution in [2.45, 2.75) is 18.9 Å². The van der Waals surface area contributed by atoms with Gasteiger partial charge in [0.1, 0.15) is 0 Å². The molecule has 2 aromatic rings. The number of nitrogens with one attached hydrogen (secondary N) is 2. The molecular weight excluding hydrogens is 288 g/mol. The van der Waals surface area contributed by atoms with E-state index in [2.05, 4.69) is 15.7 Å². The zero-order valence-electron chi connectivity index (χ0n) is 11.6. The first kappa shape index (κ1) is 14.1. The van der Waals surface area contributed by atoms with Gasteiger partial charge in [-0.1, -0.05) is 11.6 Å². The number of hydrogen-bond donors (Lipinski definition) is 2. The minimum atomic E-state index is -0.156. The molecule has 1 aromatic carbocycles. The minimum absolute atomic E-state index is 0.156. The summed E-state index contributed by atoms with van der Waals surface area (Å²) < 4.78 is 1.94. The van der Waals surface area contributed by atoms with Crippen LogP contribution in [0.1, 0.15) is 29.2 Å². The molecule has 3 rings (SSSR count). The van der Waals surface area contributed by atoms with Gasteiger partial charge in [-0.05, 0) is 50.2 Å². The Hall–Kier alpha value is -1.85. The third-order valence-corrected chi connectivity index (χ3v) is 3.90. The molecule has 0 radical (unpaired) electrons. The standard InChI is InChI=1S/C15H17ClN4O/c16-12-3-1-11(2-4-12)15(21)19-13-9-18-20(10-13)14-5-7-17-8-6-14/h1-4,9-10,14,17H,5-8H2,(H,19,21). The fraction of sp³-hybridized carbons (Fsp3) is 0.333. The molecule has 5 nitrogen and oxygen atoms in total. The average Bonchev–Trinajstić information content (AvgIpc) is 2.97. The molecular formula is C15H17ClN4O. The summed E-state index contributed by atoms with van der Waals surface area (Å²) in [5.74, 6) is -0.156. The normalized spacial score (nSPS) is 15.9. The van der Waals surface area contributed by atoms with Gasteiger partial charge in [0, 0.05) is 16.8 Å². The van der Waals surface area contributed by atoms with E-state index < -0.39 is 0 Å². The van der Waals surface area contributed by atoms with Crippen LogP contribution in [0.3, 0.4) is 0 Å². The lowest BCUT2D eigenvalue weighted by molar-refractivity contribution is 0.102. The van der Waals surface area contributed by atoms with Crippen molar-refractivity contribution in [3.05, 3.63) is 47.2 Å². The molecule has 0 bridgehead atoms. The first-order valence-electron chi connectivity index (χ1n) is 7.04. The highest BCUT2D eigenvalue weighted by molar-refractivity contribution is 6.30. The monoisotopic (exact) mass is 304 g/mol. The van der Waals surface area contributed by atoms with Crippen LogP contribution in [0.5, 0.6) is 0 Å². The van der Waals surface area contributed by atoms with Crippen LogP contribution in [-0.4, -0.2) is 28.8 Å². The van der Waals surface area contributed by atoms with E-state index in [0.29, 0.717) is 22.3 Å². The SMILES string of the molecule is O=C(Nc1cnn(C2CCNCC2)c1)c1ccc(Cl)cc1. The smallest absolute Gasteiger partial charge is 0.255 e. The Morgan fingerprint density at radius 2 is 2.00 bits per heavy atom. The van der Waals surface area contributed by atoms with Gasteiger partial charge in [0.2, 0.25) is 0 Å². The van der Waals surface area contributed by atoms with E-state index in [1.807, 2.05) is 10.9 Å². The van der Waals surface area contributed by atoms with Gasteiger partial charge in [-0.2, -0.15) is 5.10 Å². The van der Waals surface area contributed by atoms with Crippen molar-refractivity contribution in [3.8, 4) is 0 Å². The Labute approximate surface area is 128 Å². The Morgan fingerprint density at radius 3 is 2.71 bits per heavy atom. The summed E-state index contributed by atoms with van der Waals surface area (Å²) in [4.78, 5) is 12.1. The molecule has 1 saturated heterocycles. The molecule has 1 aliphatic rings. The molecule has 0 atom stereocenters. The molecule has 0 unspecified atom stereocenters. The molecule has 110 valence electrons. The molecule has 2 N–H and O–H groups in total. The summed E-state index contributed by atoms with van der Waals surface area (Å²) in [5, 5.41) is 11.2. The number of halogens is 1. The number of anilines is 1. The zero-order chi connectivity index (χ0) is 14.7. The van der Waals surface area contributed by atoms with E-state index in [9.17, 15) is 4.79 Å². The van der Waals surface area contributed by atoms with Crippen molar-refractivity contribution in [2.75, 3.05) is 18.4 Å². The van der Waals surface area contributed by atoms with Crippen molar-refractivity contribution < 1.29 is 4.79 Å². The topological polar surface area (TPSA) is 59.0 Å². The molecule has 21 heavy (non-hydrogen) atoms. The Kier molecular flexibility index (Phi) is 4.22. The van der Waals surface area contributed by atoms with E-state index >= 15 is 0 Å². The summed E-state index contributed by atoms with van der Waals surface area (Å²) in [6, 6.07) is 7.22. The van der Waals surface area contributed by atoms with Crippen LogP contribution >= 0.6 is 11.6 Å². The van der Waals surface area contributed by atoms with Crippen LogP contribution in [0.2, 0.25) is 5.02 Å². The Balaban J connectivity index is 1.66. The van der Waals surface area contributed by atoms with E-state index in [1.165, 1.54) is 0 Å². The molecule has 1 amide bonds. The van der Waals surface area contributed by atoms with Crippen molar-refractivity contribution in [3.63, 3.8) is 0 Å². The Morgan fingerprint density at radius 1 is 1.29 bits per heavy atom. The first-order chi connectivity index (χ1) is 10.2. The summed E-state index contributed by atoms with van der Waals surface area (Å²) in [6.45, 7) is 2.02. The third kappa shape index (κ3) is 3.43. The number of carbonyl (C=O) groups is 1. The lowest BCUT2D eigenvalue weighted by Crippen LogP contribution is -2.29. The summed E-state index contributed by atoms with van der Waals surface area (Å²) >= 11 is 5.82. The zero-order valence-corrected chi connectivity index (χ0v) is 12.3. The maximum absolute atomic E-state index is 12.1. The fourth-order valence-electron chi connectivity index (χ4n) is 2.48. The number of rotatable bonds is 3. The van der Waals surface area contributed by atoms with Gasteiger partial charge in [0.05, 0.1) is 17.9 Å². The van der Waals surface area contributed by atoms with Gasteiger partial charge < -0.3 is 10.6 Å². The molecule has 1 fully saturated rings. The second kappa shape index (κ2) is 6.28. The lowest BCUT2D eigenvalue weighted by Gasteiger charge is -2.22. The van der Waals surface area contributed by atoms with Crippen LogP contribution in [0.25, 0.3) is 0 Å². The predicted octanol–water partition coefficient (Wildman–Crippen LogP) is 2.71. The molecule has 1 aliphatic heterocycles. The maximum atomic E-state index is 12.1. The van der Waals surface area contributed by atoms with Crippen molar-refractivity contribution in [2.24, 2.45) is 0 Å². The molecule has 1 aromatic heterocycles. The van der Waals surface area contributed by atoms with E-state index in [1.54, 1.807) is 30.5 Å². The number of amides is 1. The number of benzene rings is 1. The summed E-state index contributed by atoms with van der Waals surface area (Å²) in [7, 11) is 0. The highest BCUT2D eigenvalue weighted by Gasteiger charge is 2.16.